The van der Waals surface area contributed by atoms with Gasteiger partial charge in [0, 0.05) is 11.7 Å². The average Bonchev–Trinajstić information content (AvgIpc) is 2.47. The first-order chi connectivity index (χ1) is 10.1. The molecule has 4 nitrogen and oxygen atoms in total. The number of carbonyl (C=O) groups is 1. The number of halogens is 1. The summed E-state index contributed by atoms with van der Waals surface area (Å²) >= 11 is 0. The third kappa shape index (κ3) is 4.79. The SMILES string of the molecule is CNC(C)C1CCN(CC(=O)Nc2cccc(F)c2)CC1. The summed E-state index contributed by atoms with van der Waals surface area (Å²) < 4.78 is 13.1. The molecular weight excluding hydrogens is 269 g/mol. The Balaban J connectivity index is 1.77. The lowest BCUT2D eigenvalue weighted by Crippen LogP contribution is -2.43. The summed E-state index contributed by atoms with van der Waals surface area (Å²) in [5.41, 5.74) is 0.513. The van der Waals surface area contributed by atoms with Crippen LogP contribution in [0.25, 0.3) is 0 Å². The number of piperidine rings is 1. The highest BCUT2D eigenvalue weighted by Crippen LogP contribution is 2.20. The number of nitrogens with zero attached hydrogens (tertiary/aromatic N) is 1. The van der Waals surface area contributed by atoms with Crippen molar-refractivity contribution in [1.82, 2.24) is 10.2 Å². The van der Waals surface area contributed by atoms with E-state index in [2.05, 4.69) is 22.5 Å². The molecule has 0 spiro atoms. The van der Waals surface area contributed by atoms with E-state index in [1.807, 2.05) is 7.05 Å². The quantitative estimate of drug-likeness (QED) is 0.873. The lowest BCUT2D eigenvalue weighted by atomic mass is 9.90. The Morgan fingerprint density at radius 3 is 2.76 bits per heavy atom. The Bertz CT molecular complexity index is 472. The van der Waals surface area contributed by atoms with Gasteiger partial charge in [0.05, 0.1) is 6.54 Å². The molecule has 0 bridgehead atoms. The van der Waals surface area contributed by atoms with Crippen molar-refractivity contribution < 1.29 is 9.18 Å². The molecule has 5 heteroatoms. The van der Waals surface area contributed by atoms with Crippen LogP contribution in [0.15, 0.2) is 24.3 Å². The fraction of sp³-hybridized carbons (Fsp3) is 0.562. The third-order valence-electron chi connectivity index (χ3n) is 4.27. The van der Waals surface area contributed by atoms with Crippen LogP contribution in [0.4, 0.5) is 10.1 Å². The molecule has 1 aromatic rings. The van der Waals surface area contributed by atoms with Crippen LogP contribution < -0.4 is 10.6 Å². The van der Waals surface area contributed by atoms with Crippen molar-refractivity contribution in [2.24, 2.45) is 5.92 Å². The van der Waals surface area contributed by atoms with Gasteiger partial charge in [0.2, 0.25) is 5.91 Å². The van der Waals surface area contributed by atoms with Gasteiger partial charge in [-0.3, -0.25) is 9.69 Å². The van der Waals surface area contributed by atoms with Crippen molar-refractivity contribution in [2.75, 3.05) is 32.0 Å². The molecule has 0 radical (unpaired) electrons. The van der Waals surface area contributed by atoms with Gasteiger partial charge in [0.15, 0.2) is 0 Å². The van der Waals surface area contributed by atoms with E-state index >= 15 is 0 Å². The average molecular weight is 293 g/mol. The lowest BCUT2D eigenvalue weighted by Gasteiger charge is -2.34. The van der Waals surface area contributed by atoms with Crippen molar-refractivity contribution in [3.63, 3.8) is 0 Å². The molecule has 21 heavy (non-hydrogen) atoms. The summed E-state index contributed by atoms with van der Waals surface area (Å²) in [6.07, 6.45) is 2.21. The first kappa shape index (κ1) is 15.9. The molecule has 2 rings (SSSR count). The van der Waals surface area contributed by atoms with E-state index in [0.29, 0.717) is 24.2 Å². The smallest absolute Gasteiger partial charge is 0.238 e. The summed E-state index contributed by atoms with van der Waals surface area (Å²) in [5, 5.41) is 6.04. The summed E-state index contributed by atoms with van der Waals surface area (Å²) in [4.78, 5) is 14.1. The molecule has 1 aliphatic rings. The highest BCUT2D eigenvalue weighted by Gasteiger charge is 2.23. The van der Waals surface area contributed by atoms with Crippen LogP contribution in [0.3, 0.4) is 0 Å². The molecule has 2 N–H and O–H groups in total. The lowest BCUT2D eigenvalue weighted by molar-refractivity contribution is -0.117. The monoisotopic (exact) mass is 293 g/mol. The molecule has 1 aromatic carbocycles. The summed E-state index contributed by atoms with van der Waals surface area (Å²) in [6.45, 7) is 4.45. The van der Waals surface area contributed by atoms with Crippen LogP contribution in [-0.2, 0) is 4.79 Å². The van der Waals surface area contributed by atoms with Gasteiger partial charge in [0.25, 0.3) is 0 Å². The number of hydrogen-bond donors (Lipinski definition) is 2. The second kappa shape index (κ2) is 7.52. The maximum absolute atomic E-state index is 13.1. The fourth-order valence-corrected chi connectivity index (χ4v) is 2.82. The maximum atomic E-state index is 13.1. The van der Waals surface area contributed by atoms with E-state index < -0.39 is 0 Å². The van der Waals surface area contributed by atoms with Crippen molar-refractivity contribution in [1.29, 1.82) is 0 Å². The number of carbonyl (C=O) groups excluding carboxylic acids is 1. The molecule has 1 saturated heterocycles. The fourth-order valence-electron chi connectivity index (χ4n) is 2.82. The summed E-state index contributed by atoms with van der Waals surface area (Å²) in [5.74, 6) is 0.257. The predicted molar refractivity (Wildman–Crippen MR) is 82.7 cm³/mol. The van der Waals surface area contributed by atoms with Gasteiger partial charge in [0.1, 0.15) is 5.82 Å². The molecule has 1 atom stereocenters. The zero-order valence-corrected chi connectivity index (χ0v) is 12.7. The van der Waals surface area contributed by atoms with Gasteiger partial charge in [-0.2, -0.15) is 0 Å². The Kier molecular flexibility index (Phi) is 5.70. The largest absolute Gasteiger partial charge is 0.325 e. The molecule has 0 aromatic heterocycles. The topological polar surface area (TPSA) is 44.4 Å². The van der Waals surface area contributed by atoms with Gasteiger partial charge in [-0.1, -0.05) is 6.07 Å². The van der Waals surface area contributed by atoms with Gasteiger partial charge >= 0.3 is 0 Å². The van der Waals surface area contributed by atoms with Gasteiger partial charge in [-0.25, -0.2) is 4.39 Å². The van der Waals surface area contributed by atoms with E-state index in [4.69, 9.17) is 0 Å². The third-order valence-corrected chi connectivity index (χ3v) is 4.27. The Morgan fingerprint density at radius 2 is 2.14 bits per heavy atom. The molecular formula is C16H24FN3O. The number of benzene rings is 1. The van der Waals surface area contributed by atoms with Crippen molar-refractivity contribution >= 4 is 11.6 Å². The Labute approximate surface area is 125 Å². The second-order valence-corrected chi connectivity index (χ2v) is 5.75. The van der Waals surface area contributed by atoms with Crippen molar-refractivity contribution in [2.45, 2.75) is 25.8 Å². The standard InChI is InChI=1S/C16H24FN3O/c1-12(18-2)13-6-8-20(9-7-13)11-16(21)19-15-5-3-4-14(17)10-15/h3-5,10,12-13,18H,6-9,11H2,1-2H3,(H,19,21). The van der Waals surface area contributed by atoms with E-state index in [1.54, 1.807) is 12.1 Å². The van der Waals surface area contributed by atoms with E-state index in [9.17, 15) is 9.18 Å². The number of rotatable bonds is 5. The van der Waals surface area contributed by atoms with Crippen LogP contribution in [0.5, 0.6) is 0 Å². The maximum Gasteiger partial charge on any atom is 0.238 e. The van der Waals surface area contributed by atoms with Crippen molar-refractivity contribution in [3.05, 3.63) is 30.1 Å². The van der Waals surface area contributed by atoms with E-state index in [0.717, 1.165) is 25.9 Å². The van der Waals surface area contributed by atoms with E-state index in [-0.39, 0.29) is 11.7 Å². The number of nitrogens with one attached hydrogen (secondary N) is 2. The van der Waals surface area contributed by atoms with Gasteiger partial charge in [-0.05, 0) is 64.0 Å². The van der Waals surface area contributed by atoms with Crippen LogP contribution in [0.2, 0.25) is 0 Å². The van der Waals surface area contributed by atoms with Crippen LogP contribution >= 0.6 is 0 Å². The van der Waals surface area contributed by atoms with E-state index in [1.165, 1.54) is 12.1 Å². The molecule has 1 amide bonds. The molecule has 0 aliphatic carbocycles. The van der Waals surface area contributed by atoms with Gasteiger partial charge in [-0.15, -0.1) is 0 Å². The number of likely N-dealkylation sites (tertiary alicyclic amines) is 1. The minimum absolute atomic E-state index is 0.0827. The molecule has 1 heterocycles. The van der Waals surface area contributed by atoms with Crippen molar-refractivity contribution in [3.8, 4) is 0 Å². The zero-order valence-electron chi connectivity index (χ0n) is 12.7. The highest BCUT2D eigenvalue weighted by atomic mass is 19.1. The summed E-state index contributed by atoms with van der Waals surface area (Å²) in [7, 11) is 1.99. The first-order valence-corrected chi connectivity index (χ1v) is 7.53. The molecule has 0 saturated carbocycles. The minimum atomic E-state index is -0.338. The number of hydrogen-bond acceptors (Lipinski definition) is 3. The highest BCUT2D eigenvalue weighted by molar-refractivity contribution is 5.92. The molecule has 1 unspecified atom stereocenters. The Hall–Kier alpha value is -1.46. The van der Waals surface area contributed by atoms with Crippen LogP contribution in [0, 0.1) is 11.7 Å². The Morgan fingerprint density at radius 1 is 1.43 bits per heavy atom. The second-order valence-electron chi connectivity index (χ2n) is 5.75. The predicted octanol–water partition coefficient (Wildman–Crippen LogP) is 2.08. The van der Waals surface area contributed by atoms with Gasteiger partial charge < -0.3 is 10.6 Å². The molecule has 116 valence electrons. The van der Waals surface area contributed by atoms with Crippen LogP contribution in [-0.4, -0.2) is 43.5 Å². The molecule has 1 fully saturated rings. The normalized spacial score (nSPS) is 18.4. The number of amides is 1. The minimum Gasteiger partial charge on any atom is -0.325 e. The zero-order chi connectivity index (χ0) is 15.2. The summed E-state index contributed by atoms with van der Waals surface area (Å²) in [6, 6.07) is 6.51. The van der Waals surface area contributed by atoms with Crippen LogP contribution in [0.1, 0.15) is 19.8 Å². The number of anilines is 1. The molecule has 1 aliphatic heterocycles. The first-order valence-electron chi connectivity index (χ1n) is 7.53.